The lowest BCUT2D eigenvalue weighted by atomic mass is 10.1. The van der Waals surface area contributed by atoms with Gasteiger partial charge in [0.1, 0.15) is 5.75 Å². The number of carbonyl (C=O) groups is 2. The molecule has 0 unspecified atom stereocenters. The van der Waals surface area contributed by atoms with Crippen LogP contribution in [0.25, 0.3) is 0 Å². The van der Waals surface area contributed by atoms with Crippen LogP contribution in [0, 0.1) is 0 Å². The first-order valence-corrected chi connectivity index (χ1v) is 8.45. The van der Waals surface area contributed by atoms with E-state index >= 15 is 0 Å². The van der Waals surface area contributed by atoms with Gasteiger partial charge in [-0.05, 0) is 18.6 Å². The molecule has 5 heteroatoms. The van der Waals surface area contributed by atoms with Gasteiger partial charge in [0.05, 0.1) is 0 Å². The molecule has 1 aromatic rings. The molecular weight excluding hydrogens is 292 g/mol. The predicted molar refractivity (Wildman–Crippen MR) is 92.8 cm³/mol. The second kappa shape index (κ2) is 11.5. The zero-order valence-electron chi connectivity index (χ0n) is 14.2. The van der Waals surface area contributed by atoms with Gasteiger partial charge in [-0.1, -0.05) is 51.5 Å². The van der Waals surface area contributed by atoms with E-state index in [9.17, 15) is 9.59 Å². The Morgan fingerprint density at radius 3 is 2.43 bits per heavy atom. The van der Waals surface area contributed by atoms with E-state index in [0.29, 0.717) is 17.9 Å². The fraction of sp³-hybridized carbons (Fsp3) is 0.556. The van der Waals surface area contributed by atoms with Crippen molar-refractivity contribution in [2.45, 2.75) is 58.3 Å². The van der Waals surface area contributed by atoms with Crippen molar-refractivity contribution >= 4 is 17.7 Å². The van der Waals surface area contributed by atoms with Crippen molar-refractivity contribution < 1.29 is 14.3 Å². The number of rotatable bonds is 10. The molecule has 0 saturated heterocycles. The van der Waals surface area contributed by atoms with E-state index in [2.05, 4.69) is 17.6 Å². The third-order valence-electron chi connectivity index (χ3n) is 3.54. The van der Waals surface area contributed by atoms with Gasteiger partial charge in [-0.25, -0.2) is 4.79 Å². The van der Waals surface area contributed by atoms with Gasteiger partial charge in [0.15, 0.2) is 0 Å². The van der Waals surface area contributed by atoms with Gasteiger partial charge in [-0.2, -0.15) is 0 Å². The normalized spacial score (nSPS) is 10.2. The Morgan fingerprint density at radius 2 is 1.74 bits per heavy atom. The summed E-state index contributed by atoms with van der Waals surface area (Å²) in [5.41, 5.74) is 0.638. The van der Waals surface area contributed by atoms with E-state index in [1.807, 2.05) is 0 Å². The van der Waals surface area contributed by atoms with E-state index < -0.39 is 6.09 Å². The SMILES string of the molecule is CCCCCCCCCC(=O)Nc1cccc(OC(=O)NC)c1. The lowest BCUT2D eigenvalue weighted by Gasteiger charge is -2.08. The zero-order valence-corrected chi connectivity index (χ0v) is 14.2. The highest BCUT2D eigenvalue weighted by molar-refractivity contribution is 5.90. The van der Waals surface area contributed by atoms with Gasteiger partial charge >= 0.3 is 6.09 Å². The largest absolute Gasteiger partial charge is 0.412 e. The molecule has 0 bridgehead atoms. The molecule has 0 radical (unpaired) electrons. The van der Waals surface area contributed by atoms with E-state index in [4.69, 9.17) is 4.74 Å². The van der Waals surface area contributed by atoms with Gasteiger partial charge in [0.2, 0.25) is 5.91 Å². The van der Waals surface area contributed by atoms with Gasteiger partial charge in [0.25, 0.3) is 0 Å². The van der Waals surface area contributed by atoms with Gasteiger partial charge in [-0.15, -0.1) is 0 Å². The van der Waals surface area contributed by atoms with Crippen molar-refractivity contribution in [1.82, 2.24) is 5.32 Å². The molecule has 2 N–H and O–H groups in total. The number of unbranched alkanes of at least 4 members (excludes halogenated alkanes) is 6. The van der Waals surface area contributed by atoms with Crippen LogP contribution in [-0.2, 0) is 4.79 Å². The number of nitrogens with one attached hydrogen (secondary N) is 2. The van der Waals surface area contributed by atoms with Crippen molar-refractivity contribution in [2.75, 3.05) is 12.4 Å². The van der Waals surface area contributed by atoms with Crippen LogP contribution in [0.15, 0.2) is 24.3 Å². The molecule has 0 atom stereocenters. The van der Waals surface area contributed by atoms with Crippen LogP contribution in [0.3, 0.4) is 0 Å². The fourth-order valence-electron chi connectivity index (χ4n) is 2.26. The average molecular weight is 320 g/mol. The number of benzene rings is 1. The molecule has 0 spiro atoms. The molecule has 0 aliphatic carbocycles. The monoisotopic (exact) mass is 320 g/mol. The molecule has 1 aromatic carbocycles. The number of amides is 2. The molecule has 1 rings (SSSR count). The summed E-state index contributed by atoms with van der Waals surface area (Å²) in [5.74, 6) is 0.397. The second-order valence-electron chi connectivity index (χ2n) is 5.59. The highest BCUT2D eigenvalue weighted by Gasteiger charge is 2.05. The van der Waals surface area contributed by atoms with Gasteiger partial charge < -0.3 is 15.4 Å². The molecule has 0 fully saturated rings. The Labute approximate surface area is 138 Å². The number of hydrogen-bond donors (Lipinski definition) is 2. The van der Waals surface area contributed by atoms with Crippen molar-refractivity contribution in [1.29, 1.82) is 0 Å². The smallest absolute Gasteiger partial charge is 0.410 e. The lowest BCUT2D eigenvalue weighted by Crippen LogP contribution is -2.22. The number of ether oxygens (including phenoxy) is 1. The molecule has 128 valence electrons. The minimum Gasteiger partial charge on any atom is -0.410 e. The molecule has 23 heavy (non-hydrogen) atoms. The Kier molecular flexibility index (Phi) is 9.52. The first-order chi connectivity index (χ1) is 11.2. The highest BCUT2D eigenvalue weighted by atomic mass is 16.5. The van der Waals surface area contributed by atoms with E-state index in [-0.39, 0.29) is 5.91 Å². The van der Waals surface area contributed by atoms with Crippen LogP contribution >= 0.6 is 0 Å². The van der Waals surface area contributed by atoms with Crippen LogP contribution in [0.1, 0.15) is 58.3 Å². The summed E-state index contributed by atoms with van der Waals surface area (Å²) in [7, 11) is 1.50. The summed E-state index contributed by atoms with van der Waals surface area (Å²) in [6.07, 6.45) is 8.30. The number of anilines is 1. The standard InChI is InChI=1S/C18H28N2O3/c1-3-4-5-6-7-8-9-13-17(21)20-15-11-10-12-16(14-15)23-18(22)19-2/h10-12,14H,3-9,13H2,1-2H3,(H,19,22)(H,20,21). The summed E-state index contributed by atoms with van der Waals surface area (Å²) in [6.45, 7) is 2.21. The average Bonchev–Trinajstić information content (AvgIpc) is 2.54. The highest BCUT2D eigenvalue weighted by Crippen LogP contribution is 2.18. The zero-order chi connectivity index (χ0) is 16.9. The summed E-state index contributed by atoms with van der Waals surface area (Å²) in [6, 6.07) is 6.82. The first kappa shape index (κ1) is 19.0. The van der Waals surface area contributed by atoms with Crippen molar-refractivity contribution in [2.24, 2.45) is 0 Å². The molecule has 2 amide bonds. The topological polar surface area (TPSA) is 67.4 Å². The Bertz CT molecular complexity index is 489. The maximum Gasteiger partial charge on any atom is 0.412 e. The lowest BCUT2D eigenvalue weighted by molar-refractivity contribution is -0.116. The van der Waals surface area contributed by atoms with Crippen molar-refractivity contribution in [3.63, 3.8) is 0 Å². The molecule has 0 saturated carbocycles. The molecule has 0 aromatic heterocycles. The van der Waals surface area contributed by atoms with Gasteiger partial charge in [0, 0.05) is 25.2 Å². The molecule has 0 heterocycles. The maximum atomic E-state index is 11.9. The van der Waals surface area contributed by atoms with Crippen LogP contribution in [0.4, 0.5) is 10.5 Å². The number of carbonyl (C=O) groups excluding carboxylic acids is 2. The van der Waals surface area contributed by atoms with Crippen molar-refractivity contribution in [3.05, 3.63) is 24.3 Å². The van der Waals surface area contributed by atoms with Crippen LogP contribution in [0.5, 0.6) is 5.75 Å². The molecular formula is C18H28N2O3. The minimum absolute atomic E-state index is 0.00403. The van der Waals surface area contributed by atoms with E-state index in [1.165, 1.54) is 39.2 Å². The first-order valence-electron chi connectivity index (χ1n) is 8.45. The van der Waals surface area contributed by atoms with Crippen LogP contribution in [-0.4, -0.2) is 19.0 Å². The summed E-state index contributed by atoms with van der Waals surface area (Å²) in [5, 5.41) is 5.21. The van der Waals surface area contributed by atoms with E-state index in [1.54, 1.807) is 24.3 Å². The van der Waals surface area contributed by atoms with Gasteiger partial charge in [-0.3, -0.25) is 4.79 Å². The third-order valence-corrected chi connectivity index (χ3v) is 3.54. The van der Waals surface area contributed by atoms with Crippen LogP contribution < -0.4 is 15.4 Å². The Morgan fingerprint density at radius 1 is 1.04 bits per heavy atom. The van der Waals surface area contributed by atoms with Crippen LogP contribution in [0.2, 0.25) is 0 Å². The fourth-order valence-corrected chi connectivity index (χ4v) is 2.26. The summed E-state index contributed by atoms with van der Waals surface area (Å²) in [4.78, 5) is 23.1. The quantitative estimate of drug-likeness (QED) is 0.624. The van der Waals surface area contributed by atoms with Crippen molar-refractivity contribution in [3.8, 4) is 5.75 Å². The summed E-state index contributed by atoms with van der Waals surface area (Å²) >= 11 is 0. The predicted octanol–water partition coefficient (Wildman–Crippen LogP) is 4.48. The molecule has 0 aliphatic heterocycles. The molecule has 5 nitrogen and oxygen atoms in total. The maximum absolute atomic E-state index is 11.9. The second-order valence-corrected chi connectivity index (χ2v) is 5.59. The Hall–Kier alpha value is -2.04. The third kappa shape index (κ3) is 8.86. The summed E-state index contributed by atoms with van der Waals surface area (Å²) < 4.78 is 5.03. The Balaban J connectivity index is 2.26. The number of hydrogen-bond acceptors (Lipinski definition) is 3. The van der Waals surface area contributed by atoms with E-state index in [0.717, 1.165) is 12.8 Å². The molecule has 0 aliphatic rings. The minimum atomic E-state index is -0.531.